The van der Waals surface area contributed by atoms with Crippen LogP contribution in [0.4, 0.5) is 0 Å². The summed E-state index contributed by atoms with van der Waals surface area (Å²) in [5.74, 6) is -0.870. The number of rotatable bonds is 6. The van der Waals surface area contributed by atoms with Gasteiger partial charge in [0.1, 0.15) is 0 Å². The summed E-state index contributed by atoms with van der Waals surface area (Å²) in [6.45, 7) is 7.34. The summed E-state index contributed by atoms with van der Waals surface area (Å²) < 4.78 is 5.57. The van der Waals surface area contributed by atoms with Gasteiger partial charge in [-0.25, -0.2) is 4.79 Å². The molecule has 1 fully saturated rings. The third-order valence-electron chi connectivity index (χ3n) is 2.78. The molecule has 1 unspecified atom stereocenters. The zero-order valence-corrected chi connectivity index (χ0v) is 10.1. The van der Waals surface area contributed by atoms with Crippen molar-refractivity contribution in [1.29, 1.82) is 0 Å². The summed E-state index contributed by atoms with van der Waals surface area (Å²) in [6.07, 6.45) is 3.88. The van der Waals surface area contributed by atoms with E-state index < -0.39 is 5.97 Å². The lowest BCUT2D eigenvalue weighted by Gasteiger charge is -2.23. The maximum atomic E-state index is 10.5. The van der Waals surface area contributed by atoms with E-state index in [1.165, 1.54) is 6.08 Å². The van der Waals surface area contributed by atoms with Gasteiger partial charge in [0.05, 0.1) is 6.10 Å². The van der Waals surface area contributed by atoms with Gasteiger partial charge in [-0.05, 0) is 26.3 Å². The van der Waals surface area contributed by atoms with E-state index in [0.717, 1.165) is 38.1 Å². The minimum absolute atomic E-state index is 0.331. The van der Waals surface area contributed by atoms with Gasteiger partial charge in [0.2, 0.25) is 0 Å². The van der Waals surface area contributed by atoms with Crippen LogP contribution in [0.15, 0.2) is 11.6 Å². The Morgan fingerprint density at radius 2 is 2.38 bits per heavy atom. The molecule has 1 rings (SSSR count). The van der Waals surface area contributed by atoms with Crippen molar-refractivity contribution < 1.29 is 14.6 Å². The van der Waals surface area contributed by atoms with Crippen LogP contribution in [-0.2, 0) is 9.53 Å². The fourth-order valence-electron chi connectivity index (χ4n) is 1.99. The molecular formula is C12H21NO3. The standard InChI is InChI=1S/C12H21NO3/c1-3-13(8-10(2)7-12(14)15)9-11-5-4-6-16-11/h7,11H,3-6,8-9H2,1-2H3,(H,14,15). The van der Waals surface area contributed by atoms with Crippen LogP contribution in [0.2, 0.25) is 0 Å². The number of likely N-dealkylation sites (N-methyl/N-ethyl adjacent to an activating group) is 1. The lowest BCUT2D eigenvalue weighted by molar-refractivity contribution is -0.131. The smallest absolute Gasteiger partial charge is 0.328 e. The van der Waals surface area contributed by atoms with Crippen LogP contribution in [-0.4, -0.2) is 48.3 Å². The maximum Gasteiger partial charge on any atom is 0.328 e. The largest absolute Gasteiger partial charge is 0.478 e. The molecule has 0 aromatic rings. The predicted molar refractivity (Wildman–Crippen MR) is 62.5 cm³/mol. The summed E-state index contributed by atoms with van der Waals surface area (Å²) in [6, 6.07) is 0. The molecule has 1 aliphatic rings. The molecule has 1 heterocycles. The van der Waals surface area contributed by atoms with E-state index in [1.807, 2.05) is 6.92 Å². The number of ether oxygens (including phenoxy) is 1. The highest BCUT2D eigenvalue weighted by Gasteiger charge is 2.18. The molecular weight excluding hydrogens is 206 g/mol. The van der Waals surface area contributed by atoms with E-state index in [4.69, 9.17) is 9.84 Å². The number of hydrogen-bond donors (Lipinski definition) is 1. The van der Waals surface area contributed by atoms with Crippen LogP contribution in [0.3, 0.4) is 0 Å². The normalized spacial score (nSPS) is 21.7. The second-order valence-corrected chi connectivity index (χ2v) is 4.29. The minimum atomic E-state index is -0.870. The first kappa shape index (κ1) is 13.2. The summed E-state index contributed by atoms with van der Waals surface area (Å²) in [5, 5.41) is 8.63. The van der Waals surface area contributed by atoms with Crippen molar-refractivity contribution in [3.05, 3.63) is 11.6 Å². The first-order valence-electron chi connectivity index (χ1n) is 5.86. The molecule has 4 nitrogen and oxygen atoms in total. The van der Waals surface area contributed by atoms with Crippen LogP contribution in [0.1, 0.15) is 26.7 Å². The molecule has 0 saturated carbocycles. The van der Waals surface area contributed by atoms with E-state index >= 15 is 0 Å². The van der Waals surface area contributed by atoms with E-state index in [0.29, 0.717) is 12.6 Å². The highest BCUT2D eigenvalue weighted by atomic mass is 16.5. The lowest BCUT2D eigenvalue weighted by atomic mass is 10.2. The molecule has 0 bridgehead atoms. The number of aliphatic carboxylic acids is 1. The van der Waals surface area contributed by atoms with Crippen LogP contribution in [0.5, 0.6) is 0 Å². The monoisotopic (exact) mass is 227 g/mol. The van der Waals surface area contributed by atoms with Gasteiger partial charge in [-0.1, -0.05) is 12.5 Å². The zero-order chi connectivity index (χ0) is 12.0. The molecule has 16 heavy (non-hydrogen) atoms. The third kappa shape index (κ3) is 4.77. The van der Waals surface area contributed by atoms with Gasteiger partial charge in [-0.15, -0.1) is 0 Å². The van der Waals surface area contributed by atoms with Gasteiger partial charge < -0.3 is 9.84 Å². The number of carbonyl (C=O) groups is 1. The molecule has 92 valence electrons. The molecule has 0 amide bonds. The molecule has 1 atom stereocenters. The minimum Gasteiger partial charge on any atom is -0.478 e. The average molecular weight is 227 g/mol. The van der Waals surface area contributed by atoms with Crippen molar-refractivity contribution in [3.63, 3.8) is 0 Å². The first-order valence-corrected chi connectivity index (χ1v) is 5.86. The van der Waals surface area contributed by atoms with Crippen LogP contribution >= 0.6 is 0 Å². The van der Waals surface area contributed by atoms with Crippen LogP contribution < -0.4 is 0 Å². The number of hydrogen-bond acceptors (Lipinski definition) is 3. The third-order valence-corrected chi connectivity index (χ3v) is 2.78. The Morgan fingerprint density at radius 1 is 1.62 bits per heavy atom. The number of carboxylic acid groups (broad SMARTS) is 1. The second kappa shape index (κ2) is 6.66. The van der Waals surface area contributed by atoms with Gasteiger partial charge in [0.15, 0.2) is 0 Å². The summed E-state index contributed by atoms with van der Waals surface area (Å²) in [7, 11) is 0. The lowest BCUT2D eigenvalue weighted by Crippen LogP contribution is -2.33. The van der Waals surface area contributed by atoms with Crippen molar-refractivity contribution in [3.8, 4) is 0 Å². The molecule has 4 heteroatoms. The quantitative estimate of drug-likeness (QED) is 0.699. The van der Waals surface area contributed by atoms with E-state index in [2.05, 4.69) is 11.8 Å². The molecule has 0 aliphatic carbocycles. The Labute approximate surface area is 96.9 Å². The van der Waals surface area contributed by atoms with Gasteiger partial charge in [0, 0.05) is 25.8 Å². The molecule has 1 saturated heterocycles. The molecule has 1 aliphatic heterocycles. The SMILES string of the molecule is CCN(CC(C)=CC(=O)O)CC1CCCO1. The van der Waals surface area contributed by atoms with Gasteiger partial charge in [-0.3, -0.25) is 4.90 Å². The fraction of sp³-hybridized carbons (Fsp3) is 0.750. The Bertz CT molecular complexity index is 257. The van der Waals surface area contributed by atoms with Crippen LogP contribution in [0.25, 0.3) is 0 Å². The molecule has 0 radical (unpaired) electrons. The zero-order valence-electron chi connectivity index (χ0n) is 10.1. The molecule has 0 aromatic carbocycles. The fourth-order valence-corrected chi connectivity index (χ4v) is 1.99. The van der Waals surface area contributed by atoms with Gasteiger partial charge >= 0.3 is 5.97 Å². The highest BCUT2D eigenvalue weighted by Crippen LogP contribution is 2.13. The van der Waals surface area contributed by atoms with Crippen molar-refractivity contribution in [2.75, 3.05) is 26.2 Å². The summed E-state index contributed by atoms with van der Waals surface area (Å²) >= 11 is 0. The molecule has 0 aromatic heterocycles. The van der Waals surface area contributed by atoms with Gasteiger partial charge in [-0.2, -0.15) is 0 Å². The van der Waals surface area contributed by atoms with Crippen molar-refractivity contribution in [2.24, 2.45) is 0 Å². The summed E-state index contributed by atoms with van der Waals surface area (Å²) in [5.41, 5.74) is 0.882. The van der Waals surface area contributed by atoms with E-state index in [9.17, 15) is 4.79 Å². The maximum absolute atomic E-state index is 10.5. The number of nitrogens with zero attached hydrogens (tertiary/aromatic N) is 1. The average Bonchev–Trinajstić information content (AvgIpc) is 2.68. The van der Waals surface area contributed by atoms with Crippen molar-refractivity contribution >= 4 is 5.97 Å². The Hall–Kier alpha value is -0.870. The Morgan fingerprint density at radius 3 is 2.88 bits per heavy atom. The number of carboxylic acids is 1. The van der Waals surface area contributed by atoms with Crippen LogP contribution in [0, 0.1) is 0 Å². The molecule has 0 spiro atoms. The van der Waals surface area contributed by atoms with Gasteiger partial charge in [0.25, 0.3) is 0 Å². The Kier molecular flexibility index (Phi) is 5.49. The van der Waals surface area contributed by atoms with Crippen molar-refractivity contribution in [2.45, 2.75) is 32.8 Å². The highest BCUT2D eigenvalue weighted by molar-refractivity contribution is 5.80. The second-order valence-electron chi connectivity index (χ2n) is 4.29. The van der Waals surface area contributed by atoms with E-state index in [-0.39, 0.29) is 0 Å². The Balaban J connectivity index is 2.38. The summed E-state index contributed by atoms with van der Waals surface area (Å²) in [4.78, 5) is 12.7. The van der Waals surface area contributed by atoms with E-state index in [1.54, 1.807) is 0 Å². The molecule has 1 N–H and O–H groups in total. The topological polar surface area (TPSA) is 49.8 Å². The first-order chi connectivity index (χ1) is 7.61. The van der Waals surface area contributed by atoms with Crippen molar-refractivity contribution in [1.82, 2.24) is 4.90 Å². The predicted octanol–water partition coefficient (Wildman–Crippen LogP) is 1.52.